The van der Waals surface area contributed by atoms with E-state index in [1.807, 2.05) is 11.9 Å². The van der Waals surface area contributed by atoms with E-state index in [0.29, 0.717) is 18.4 Å². The fourth-order valence-corrected chi connectivity index (χ4v) is 2.77. The lowest BCUT2D eigenvalue weighted by atomic mass is 10.0. The number of nitrogens with zero attached hydrogens (tertiary/aromatic N) is 1. The largest absolute Gasteiger partial charge is 0.343 e. The molecule has 21 heavy (non-hydrogen) atoms. The first-order valence-corrected chi connectivity index (χ1v) is 7.69. The molecule has 0 aliphatic carbocycles. The van der Waals surface area contributed by atoms with Crippen LogP contribution in [-0.2, 0) is 11.2 Å². The van der Waals surface area contributed by atoms with Crippen LogP contribution in [0.3, 0.4) is 0 Å². The van der Waals surface area contributed by atoms with E-state index in [9.17, 15) is 4.79 Å². The summed E-state index contributed by atoms with van der Waals surface area (Å²) in [5.74, 6) is 0.295. The summed E-state index contributed by atoms with van der Waals surface area (Å²) in [7, 11) is 1.96. The van der Waals surface area contributed by atoms with Gasteiger partial charge in [0.1, 0.15) is 0 Å². The van der Waals surface area contributed by atoms with Crippen molar-refractivity contribution in [2.45, 2.75) is 45.1 Å². The number of benzene rings is 1. The minimum Gasteiger partial charge on any atom is -0.343 e. The number of rotatable bonds is 5. The second-order valence-corrected chi connectivity index (χ2v) is 5.82. The van der Waals surface area contributed by atoms with Gasteiger partial charge in [-0.05, 0) is 51.3 Å². The lowest BCUT2D eigenvalue weighted by molar-refractivity contribution is -0.132. The molecular formula is C17H27ClN2O. The van der Waals surface area contributed by atoms with E-state index >= 15 is 0 Å². The Hall–Kier alpha value is -1.06. The molecule has 2 rings (SSSR count). The molecule has 1 aliphatic rings. The van der Waals surface area contributed by atoms with Crippen LogP contribution in [0.5, 0.6) is 0 Å². The number of amides is 1. The van der Waals surface area contributed by atoms with E-state index in [4.69, 9.17) is 0 Å². The number of halogens is 1. The van der Waals surface area contributed by atoms with Crippen LogP contribution in [0.1, 0.15) is 36.8 Å². The van der Waals surface area contributed by atoms with Crippen molar-refractivity contribution in [1.29, 1.82) is 0 Å². The molecule has 1 heterocycles. The maximum Gasteiger partial charge on any atom is 0.222 e. The van der Waals surface area contributed by atoms with Crippen LogP contribution >= 0.6 is 12.4 Å². The summed E-state index contributed by atoms with van der Waals surface area (Å²) in [5, 5.41) is 3.34. The van der Waals surface area contributed by atoms with Crippen LogP contribution in [-0.4, -0.2) is 37.0 Å². The molecule has 1 amide bonds. The Morgan fingerprint density at radius 1 is 1.24 bits per heavy atom. The molecule has 0 spiro atoms. The molecule has 118 valence electrons. The van der Waals surface area contributed by atoms with Crippen molar-refractivity contribution in [3.05, 3.63) is 35.4 Å². The predicted octanol–water partition coefficient (Wildman–Crippen LogP) is 2.95. The summed E-state index contributed by atoms with van der Waals surface area (Å²) in [6.45, 7) is 4.17. The van der Waals surface area contributed by atoms with Crippen LogP contribution < -0.4 is 5.32 Å². The van der Waals surface area contributed by atoms with Crippen molar-refractivity contribution in [2.24, 2.45) is 0 Å². The summed E-state index contributed by atoms with van der Waals surface area (Å²) in [4.78, 5) is 14.2. The zero-order valence-electron chi connectivity index (χ0n) is 13.1. The summed E-state index contributed by atoms with van der Waals surface area (Å²) < 4.78 is 0. The number of piperidine rings is 1. The second-order valence-electron chi connectivity index (χ2n) is 5.82. The number of hydrogen-bond donors (Lipinski definition) is 1. The van der Waals surface area contributed by atoms with Gasteiger partial charge in [0.05, 0.1) is 0 Å². The Bertz CT molecular complexity index is 427. The van der Waals surface area contributed by atoms with Gasteiger partial charge in [-0.1, -0.05) is 29.8 Å². The number of carbonyl (C=O) groups is 1. The van der Waals surface area contributed by atoms with Gasteiger partial charge in [-0.3, -0.25) is 4.79 Å². The third kappa shape index (κ3) is 5.68. The number of hydrogen-bond acceptors (Lipinski definition) is 2. The van der Waals surface area contributed by atoms with Crippen molar-refractivity contribution in [2.75, 3.05) is 20.1 Å². The van der Waals surface area contributed by atoms with Crippen molar-refractivity contribution >= 4 is 18.3 Å². The lowest BCUT2D eigenvalue weighted by Gasteiger charge is -2.31. The van der Waals surface area contributed by atoms with Crippen LogP contribution in [0.4, 0.5) is 0 Å². The molecule has 1 fully saturated rings. The Morgan fingerprint density at radius 3 is 2.48 bits per heavy atom. The molecule has 1 saturated heterocycles. The molecule has 3 nitrogen and oxygen atoms in total. The molecule has 1 aromatic rings. The molecule has 0 bridgehead atoms. The molecule has 0 aromatic heterocycles. The van der Waals surface area contributed by atoms with Gasteiger partial charge in [0.25, 0.3) is 0 Å². The Labute approximate surface area is 134 Å². The highest BCUT2D eigenvalue weighted by molar-refractivity contribution is 5.85. The Morgan fingerprint density at radius 2 is 1.86 bits per heavy atom. The smallest absolute Gasteiger partial charge is 0.222 e. The fraction of sp³-hybridized carbons (Fsp3) is 0.588. The van der Waals surface area contributed by atoms with E-state index in [0.717, 1.165) is 38.8 Å². The third-order valence-corrected chi connectivity index (χ3v) is 4.23. The highest BCUT2D eigenvalue weighted by Gasteiger charge is 2.21. The molecule has 1 aromatic carbocycles. The van der Waals surface area contributed by atoms with Crippen LogP contribution in [0, 0.1) is 6.92 Å². The zero-order valence-corrected chi connectivity index (χ0v) is 13.9. The SMILES string of the molecule is Cc1ccc(CCCC(=O)N(C)C2CCNCC2)cc1.Cl. The maximum atomic E-state index is 12.2. The second kappa shape index (κ2) is 9.06. The molecule has 0 atom stereocenters. The van der Waals surface area contributed by atoms with Crippen LogP contribution in [0.15, 0.2) is 24.3 Å². The van der Waals surface area contributed by atoms with Crippen molar-refractivity contribution in [3.8, 4) is 0 Å². The van der Waals surface area contributed by atoms with Gasteiger partial charge in [0.2, 0.25) is 5.91 Å². The third-order valence-electron chi connectivity index (χ3n) is 4.23. The van der Waals surface area contributed by atoms with Crippen molar-refractivity contribution in [1.82, 2.24) is 10.2 Å². The standard InChI is InChI=1S/C17H26N2O.ClH/c1-14-6-8-15(9-7-14)4-3-5-17(20)19(2)16-10-12-18-13-11-16;/h6-9,16,18H,3-5,10-13H2,1-2H3;1H. The Kier molecular flexibility index (Phi) is 7.76. The van der Waals surface area contributed by atoms with Gasteiger partial charge in [0.15, 0.2) is 0 Å². The highest BCUT2D eigenvalue weighted by Crippen LogP contribution is 2.13. The molecular weight excluding hydrogens is 284 g/mol. The molecule has 4 heteroatoms. The number of carbonyl (C=O) groups excluding carboxylic acids is 1. The average Bonchev–Trinajstić information content (AvgIpc) is 2.49. The predicted molar refractivity (Wildman–Crippen MR) is 90.0 cm³/mol. The average molecular weight is 311 g/mol. The Balaban J connectivity index is 0.00000220. The first-order chi connectivity index (χ1) is 9.66. The summed E-state index contributed by atoms with van der Waals surface area (Å²) in [5.41, 5.74) is 2.61. The lowest BCUT2D eigenvalue weighted by Crippen LogP contribution is -2.43. The van der Waals surface area contributed by atoms with Gasteiger partial charge < -0.3 is 10.2 Å². The molecule has 0 saturated carbocycles. The molecule has 0 unspecified atom stereocenters. The van der Waals surface area contributed by atoms with Crippen LogP contribution in [0.2, 0.25) is 0 Å². The van der Waals surface area contributed by atoms with E-state index < -0.39 is 0 Å². The topological polar surface area (TPSA) is 32.3 Å². The van der Waals surface area contributed by atoms with Gasteiger partial charge in [-0.15, -0.1) is 12.4 Å². The molecule has 0 radical (unpaired) electrons. The summed E-state index contributed by atoms with van der Waals surface area (Å²) in [6.07, 6.45) is 4.76. The van der Waals surface area contributed by atoms with E-state index in [-0.39, 0.29) is 12.4 Å². The highest BCUT2D eigenvalue weighted by atomic mass is 35.5. The molecule has 1 N–H and O–H groups in total. The fourth-order valence-electron chi connectivity index (χ4n) is 2.77. The van der Waals surface area contributed by atoms with E-state index in [1.165, 1.54) is 11.1 Å². The minimum absolute atomic E-state index is 0. The van der Waals surface area contributed by atoms with Gasteiger partial charge in [-0.25, -0.2) is 0 Å². The summed E-state index contributed by atoms with van der Waals surface area (Å²) in [6, 6.07) is 9.03. The van der Waals surface area contributed by atoms with Crippen molar-refractivity contribution in [3.63, 3.8) is 0 Å². The van der Waals surface area contributed by atoms with E-state index in [2.05, 4.69) is 36.5 Å². The number of nitrogens with one attached hydrogen (secondary N) is 1. The molecule has 1 aliphatic heterocycles. The van der Waals surface area contributed by atoms with Gasteiger partial charge in [-0.2, -0.15) is 0 Å². The first kappa shape index (κ1) is 18.0. The van der Waals surface area contributed by atoms with E-state index in [1.54, 1.807) is 0 Å². The van der Waals surface area contributed by atoms with Crippen LogP contribution in [0.25, 0.3) is 0 Å². The zero-order chi connectivity index (χ0) is 14.4. The van der Waals surface area contributed by atoms with Gasteiger partial charge >= 0.3 is 0 Å². The number of aryl methyl sites for hydroxylation is 2. The normalized spacial score (nSPS) is 15.3. The first-order valence-electron chi connectivity index (χ1n) is 7.69. The quantitative estimate of drug-likeness (QED) is 0.907. The van der Waals surface area contributed by atoms with Crippen molar-refractivity contribution < 1.29 is 4.79 Å². The maximum absolute atomic E-state index is 12.2. The minimum atomic E-state index is 0. The van der Waals surface area contributed by atoms with Gasteiger partial charge in [0, 0.05) is 19.5 Å². The summed E-state index contributed by atoms with van der Waals surface area (Å²) >= 11 is 0. The monoisotopic (exact) mass is 310 g/mol.